The molecule has 2 atom stereocenters. The zero-order valence-corrected chi connectivity index (χ0v) is 13.6. The molecule has 1 aliphatic carbocycles. The van der Waals surface area contributed by atoms with Gasteiger partial charge in [-0.2, -0.15) is 0 Å². The van der Waals surface area contributed by atoms with Gasteiger partial charge in [0.1, 0.15) is 5.82 Å². The van der Waals surface area contributed by atoms with E-state index in [1.54, 1.807) is 18.2 Å². The highest BCUT2D eigenvalue weighted by Gasteiger charge is 2.24. The van der Waals surface area contributed by atoms with E-state index in [9.17, 15) is 12.8 Å². The van der Waals surface area contributed by atoms with Crippen LogP contribution in [0.2, 0.25) is 0 Å². The van der Waals surface area contributed by atoms with Crippen LogP contribution >= 0.6 is 0 Å². The minimum Gasteiger partial charge on any atom is -0.303 e. The molecule has 122 valence electrons. The SMILES string of the molecule is CC(NC1CCc2ccc(F)cc21)c1ccc(S(N)(=O)=O)cc1. The second kappa shape index (κ2) is 6.03. The number of hydrogen-bond donors (Lipinski definition) is 2. The van der Waals surface area contributed by atoms with Crippen LogP contribution in [0.15, 0.2) is 47.4 Å². The number of nitrogens with one attached hydrogen (secondary N) is 1. The molecule has 2 unspecified atom stereocenters. The van der Waals surface area contributed by atoms with Crippen LogP contribution in [0.1, 0.15) is 42.1 Å². The molecule has 2 aromatic rings. The van der Waals surface area contributed by atoms with Gasteiger partial charge in [-0.05, 0) is 60.7 Å². The minimum absolute atomic E-state index is 0.0174. The van der Waals surface area contributed by atoms with Crippen LogP contribution in [0, 0.1) is 5.82 Å². The maximum Gasteiger partial charge on any atom is 0.238 e. The average Bonchev–Trinajstić information content (AvgIpc) is 2.89. The molecule has 0 aromatic heterocycles. The van der Waals surface area contributed by atoms with E-state index in [0.717, 1.165) is 24.0 Å². The zero-order valence-electron chi connectivity index (χ0n) is 12.8. The number of rotatable bonds is 4. The summed E-state index contributed by atoms with van der Waals surface area (Å²) >= 11 is 0. The van der Waals surface area contributed by atoms with E-state index in [0.29, 0.717) is 0 Å². The summed E-state index contributed by atoms with van der Waals surface area (Å²) in [6.07, 6.45) is 1.86. The van der Waals surface area contributed by atoms with Gasteiger partial charge in [-0.1, -0.05) is 18.2 Å². The summed E-state index contributed by atoms with van der Waals surface area (Å²) in [6, 6.07) is 11.6. The summed E-state index contributed by atoms with van der Waals surface area (Å²) in [4.78, 5) is 0.0988. The van der Waals surface area contributed by atoms with Gasteiger partial charge in [0.05, 0.1) is 4.90 Å². The first-order chi connectivity index (χ1) is 10.8. The van der Waals surface area contributed by atoms with Gasteiger partial charge in [0, 0.05) is 12.1 Å². The predicted molar refractivity (Wildman–Crippen MR) is 86.8 cm³/mol. The normalized spacial score (nSPS) is 18.7. The number of sulfonamides is 1. The fourth-order valence-electron chi connectivity index (χ4n) is 3.09. The van der Waals surface area contributed by atoms with E-state index in [4.69, 9.17) is 5.14 Å². The van der Waals surface area contributed by atoms with Crippen molar-refractivity contribution in [3.8, 4) is 0 Å². The first-order valence-corrected chi connectivity index (χ1v) is 9.06. The third-order valence-corrected chi connectivity index (χ3v) is 5.27. The van der Waals surface area contributed by atoms with Crippen molar-refractivity contribution >= 4 is 10.0 Å². The molecule has 0 radical (unpaired) electrons. The lowest BCUT2D eigenvalue weighted by Gasteiger charge is -2.21. The molecular weight excluding hydrogens is 315 g/mol. The van der Waals surface area contributed by atoms with Gasteiger partial charge in [0.15, 0.2) is 0 Å². The van der Waals surface area contributed by atoms with Gasteiger partial charge < -0.3 is 5.32 Å². The molecule has 4 nitrogen and oxygen atoms in total. The summed E-state index contributed by atoms with van der Waals surface area (Å²) in [7, 11) is -3.67. The Morgan fingerprint density at radius 2 is 1.91 bits per heavy atom. The molecule has 0 aliphatic heterocycles. The van der Waals surface area contributed by atoms with Crippen molar-refractivity contribution in [1.82, 2.24) is 5.32 Å². The molecule has 0 saturated heterocycles. The molecule has 0 amide bonds. The van der Waals surface area contributed by atoms with Crippen LogP contribution in [-0.4, -0.2) is 8.42 Å². The van der Waals surface area contributed by atoms with Crippen molar-refractivity contribution in [2.45, 2.75) is 36.7 Å². The summed E-state index contributed by atoms with van der Waals surface area (Å²) in [5, 5.41) is 8.59. The number of primary sulfonamides is 1. The second-order valence-electron chi connectivity index (χ2n) is 5.94. The van der Waals surface area contributed by atoms with Crippen molar-refractivity contribution < 1.29 is 12.8 Å². The number of benzene rings is 2. The van der Waals surface area contributed by atoms with Crippen molar-refractivity contribution in [2.24, 2.45) is 5.14 Å². The van der Waals surface area contributed by atoms with Gasteiger partial charge in [-0.25, -0.2) is 17.9 Å². The van der Waals surface area contributed by atoms with Crippen LogP contribution in [0.5, 0.6) is 0 Å². The van der Waals surface area contributed by atoms with E-state index in [2.05, 4.69) is 5.32 Å². The van der Waals surface area contributed by atoms with Gasteiger partial charge in [0.25, 0.3) is 0 Å². The number of nitrogens with two attached hydrogens (primary N) is 1. The van der Waals surface area contributed by atoms with E-state index in [1.807, 2.05) is 13.0 Å². The Labute approximate surface area is 135 Å². The number of aryl methyl sites for hydroxylation is 1. The van der Waals surface area contributed by atoms with Crippen LogP contribution < -0.4 is 10.5 Å². The lowest BCUT2D eigenvalue weighted by molar-refractivity contribution is 0.463. The molecule has 3 rings (SSSR count). The highest BCUT2D eigenvalue weighted by atomic mass is 32.2. The van der Waals surface area contributed by atoms with Crippen molar-refractivity contribution in [1.29, 1.82) is 0 Å². The third kappa shape index (κ3) is 3.44. The number of fused-ring (bicyclic) bond motifs is 1. The fraction of sp³-hybridized carbons (Fsp3) is 0.294. The maximum atomic E-state index is 13.5. The third-order valence-electron chi connectivity index (χ3n) is 4.35. The number of halogens is 1. The maximum absolute atomic E-state index is 13.5. The molecule has 23 heavy (non-hydrogen) atoms. The molecule has 0 fully saturated rings. The first kappa shape index (κ1) is 16.1. The Morgan fingerprint density at radius 1 is 1.22 bits per heavy atom. The summed E-state index contributed by atoms with van der Waals surface area (Å²) in [6.45, 7) is 2.00. The molecule has 3 N–H and O–H groups in total. The Morgan fingerprint density at radius 3 is 2.57 bits per heavy atom. The topological polar surface area (TPSA) is 72.2 Å². The molecular formula is C17H19FN2O2S. The summed E-state index contributed by atoms with van der Waals surface area (Å²) in [5.74, 6) is -0.220. The summed E-state index contributed by atoms with van der Waals surface area (Å²) in [5.41, 5.74) is 3.15. The van der Waals surface area contributed by atoms with Gasteiger partial charge in [-0.15, -0.1) is 0 Å². The Kier molecular flexibility index (Phi) is 4.23. The smallest absolute Gasteiger partial charge is 0.238 e. The second-order valence-corrected chi connectivity index (χ2v) is 7.50. The highest BCUT2D eigenvalue weighted by molar-refractivity contribution is 7.89. The monoisotopic (exact) mass is 334 g/mol. The Balaban J connectivity index is 1.76. The van der Waals surface area contributed by atoms with Crippen LogP contribution in [0.3, 0.4) is 0 Å². The summed E-state index contributed by atoms with van der Waals surface area (Å²) < 4.78 is 36.0. The average molecular weight is 334 g/mol. The number of hydrogen-bond acceptors (Lipinski definition) is 3. The van der Waals surface area contributed by atoms with E-state index < -0.39 is 10.0 Å². The molecule has 1 aliphatic rings. The standard InChI is InChI=1S/C17H19FN2O2S/c1-11(12-3-7-15(8-4-12)23(19,21)22)20-17-9-5-13-2-6-14(18)10-16(13)17/h2-4,6-8,10-11,17,20H,5,9H2,1H3,(H2,19,21,22). The van der Waals surface area contributed by atoms with Crippen molar-refractivity contribution in [3.63, 3.8) is 0 Å². The molecule has 0 heterocycles. The molecule has 6 heteroatoms. The first-order valence-electron chi connectivity index (χ1n) is 7.52. The fourth-order valence-corrected chi connectivity index (χ4v) is 3.61. The van der Waals surface area contributed by atoms with Crippen molar-refractivity contribution in [3.05, 3.63) is 65.0 Å². The quantitative estimate of drug-likeness (QED) is 0.903. The minimum atomic E-state index is -3.67. The van der Waals surface area contributed by atoms with E-state index >= 15 is 0 Å². The highest BCUT2D eigenvalue weighted by Crippen LogP contribution is 2.33. The Bertz CT molecular complexity index is 819. The lowest BCUT2D eigenvalue weighted by atomic mass is 10.0. The Hall–Kier alpha value is -1.76. The van der Waals surface area contributed by atoms with Crippen LogP contribution in [-0.2, 0) is 16.4 Å². The largest absolute Gasteiger partial charge is 0.303 e. The molecule has 0 spiro atoms. The van der Waals surface area contributed by atoms with Gasteiger partial charge in [-0.3, -0.25) is 0 Å². The van der Waals surface area contributed by atoms with Crippen LogP contribution in [0.4, 0.5) is 4.39 Å². The molecule has 0 saturated carbocycles. The van der Waals surface area contributed by atoms with Crippen LogP contribution in [0.25, 0.3) is 0 Å². The van der Waals surface area contributed by atoms with E-state index in [-0.39, 0.29) is 22.8 Å². The van der Waals surface area contributed by atoms with Gasteiger partial charge in [0.2, 0.25) is 10.0 Å². The molecule has 2 aromatic carbocycles. The molecule has 0 bridgehead atoms. The predicted octanol–water partition coefficient (Wildman–Crippen LogP) is 2.81. The lowest BCUT2D eigenvalue weighted by Crippen LogP contribution is -2.23. The van der Waals surface area contributed by atoms with Gasteiger partial charge >= 0.3 is 0 Å². The van der Waals surface area contributed by atoms with E-state index in [1.165, 1.54) is 23.8 Å². The van der Waals surface area contributed by atoms with Crippen molar-refractivity contribution in [2.75, 3.05) is 0 Å². The zero-order chi connectivity index (χ0) is 16.6.